The fourth-order valence-corrected chi connectivity index (χ4v) is 2.45. The number of aliphatic imine (C=N–C) groups is 1. The molecule has 0 saturated carbocycles. The lowest BCUT2D eigenvalue weighted by Gasteiger charge is -2.14. The van der Waals surface area contributed by atoms with Crippen LogP contribution in [-0.2, 0) is 9.53 Å². The van der Waals surface area contributed by atoms with Gasteiger partial charge in [0.05, 0.1) is 7.11 Å². The highest BCUT2D eigenvalue weighted by Gasteiger charge is 2.05. The number of benzene rings is 1. The number of hydrogen-bond donors (Lipinski definition) is 2. The van der Waals surface area contributed by atoms with Crippen LogP contribution < -0.4 is 10.6 Å². The number of rotatable bonds is 10. The van der Waals surface area contributed by atoms with Crippen molar-refractivity contribution in [3.63, 3.8) is 0 Å². The van der Waals surface area contributed by atoms with Crippen molar-refractivity contribution in [2.24, 2.45) is 4.99 Å². The Hall–Kier alpha value is -1.31. The van der Waals surface area contributed by atoms with Crippen molar-refractivity contribution >= 4 is 35.9 Å². The number of nitrogens with zero attached hydrogens (tertiary/aromatic N) is 1. The lowest BCUT2D eigenvalue weighted by molar-refractivity contribution is -0.140. The lowest BCUT2D eigenvalue weighted by atomic mass is 10.0. The summed E-state index contributed by atoms with van der Waals surface area (Å²) in [6, 6.07) is 8.65. The van der Waals surface area contributed by atoms with Crippen molar-refractivity contribution in [1.29, 1.82) is 0 Å². The Labute approximate surface area is 175 Å². The number of guanidine groups is 1. The normalized spacial score (nSPS) is 12.1. The maximum atomic E-state index is 11.1. The van der Waals surface area contributed by atoms with Crippen LogP contribution in [0.5, 0.6) is 0 Å². The van der Waals surface area contributed by atoms with E-state index in [1.165, 1.54) is 18.2 Å². The molecule has 0 saturated heterocycles. The highest BCUT2D eigenvalue weighted by molar-refractivity contribution is 14.0. The summed E-state index contributed by atoms with van der Waals surface area (Å²) in [6.07, 6.45) is 3.38. The Morgan fingerprint density at radius 1 is 1.15 bits per heavy atom. The van der Waals surface area contributed by atoms with E-state index in [9.17, 15) is 4.79 Å². The van der Waals surface area contributed by atoms with Crippen molar-refractivity contribution in [2.45, 2.75) is 52.4 Å². The van der Waals surface area contributed by atoms with E-state index in [2.05, 4.69) is 60.4 Å². The summed E-state index contributed by atoms with van der Waals surface area (Å²) >= 11 is 0. The second-order valence-electron chi connectivity index (χ2n) is 6.34. The van der Waals surface area contributed by atoms with Crippen molar-refractivity contribution < 1.29 is 9.53 Å². The van der Waals surface area contributed by atoms with Crippen LogP contribution in [0.15, 0.2) is 29.3 Å². The van der Waals surface area contributed by atoms with E-state index in [0.717, 1.165) is 44.9 Å². The summed E-state index contributed by atoms with van der Waals surface area (Å²) in [6.45, 7) is 8.81. The number of hydrogen-bond acceptors (Lipinski definition) is 3. The van der Waals surface area contributed by atoms with Crippen LogP contribution in [0.1, 0.15) is 56.6 Å². The van der Waals surface area contributed by atoms with Crippen molar-refractivity contribution in [3.8, 4) is 0 Å². The van der Waals surface area contributed by atoms with Gasteiger partial charge < -0.3 is 15.4 Å². The maximum absolute atomic E-state index is 11.1. The molecule has 1 aromatic carbocycles. The zero-order valence-electron chi connectivity index (χ0n) is 16.5. The van der Waals surface area contributed by atoms with Crippen LogP contribution in [0.2, 0.25) is 0 Å². The van der Waals surface area contributed by atoms with E-state index in [1.807, 2.05) is 0 Å². The third-order valence-corrected chi connectivity index (χ3v) is 4.09. The summed E-state index contributed by atoms with van der Waals surface area (Å²) in [5.74, 6) is 1.11. The monoisotopic (exact) mass is 475 g/mol. The van der Waals surface area contributed by atoms with Crippen molar-refractivity contribution in [1.82, 2.24) is 10.6 Å². The first kappa shape index (κ1) is 24.7. The second-order valence-corrected chi connectivity index (χ2v) is 6.34. The molecule has 1 unspecified atom stereocenters. The molecule has 0 amide bonds. The molecular weight excluding hydrogens is 441 g/mol. The molecule has 0 radical (unpaired) electrons. The van der Waals surface area contributed by atoms with Gasteiger partial charge in [-0.25, -0.2) is 0 Å². The number of halogens is 1. The molecule has 148 valence electrons. The summed E-state index contributed by atoms with van der Waals surface area (Å²) in [5.41, 5.74) is 2.59. The highest BCUT2D eigenvalue weighted by atomic mass is 127. The van der Waals surface area contributed by atoms with Crippen LogP contribution in [0.4, 0.5) is 0 Å². The van der Waals surface area contributed by atoms with E-state index in [0.29, 0.717) is 12.3 Å². The molecule has 26 heavy (non-hydrogen) atoms. The number of carbonyl (C=O) groups is 1. The summed E-state index contributed by atoms with van der Waals surface area (Å²) < 4.78 is 4.64. The molecule has 0 aliphatic carbocycles. The summed E-state index contributed by atoms with van der Waals surface area (Å²) in [7, 11) is 1.43. The molecule has 0 aliphatic rings. The topological polar surface area (TPSA) is 62.7 Å². The van der Waals surface area contributed by atoms with E-state index >= 15 is 0 Å². The van der Waals surface area contributed by atoms with Gasteiger partial charge >= 0.3 is 5.97 Å². The third-order valence-electron chi connectivity index (χ3n) is 4.09. The largest absolute Gasteiger partial charge is 0.469 e. The predicted molar refractivity (Wildman–Crippen MR) is 119 cm³/mol. The lowest BCUT2D eigenvalue weighted by Crippen LogP contribution is -2.38. The second kappa shape index (κ2) is 14.8. The Kier molecular flexibility index (Phi) is 14.1. The number of carbonyl (C=O) groups excluding carboxylic acids is 1. The minimum atomic E-state index is -0.132. The van der Waals surface area contributed by atoms with Gasteiger partial charge in [-0.15, -0.1) is 24.0 Å². The smallest absolute Gasteiger partial charge is 0.305 e. The van der Waals surface area contributed by atoms with Gasteiger partial charge in [0, 0.05) is 32.0 Å². The molecule has 1 atom stereocenters. The molecule has 1 rings (SSSR count). The van der Waals surface area contributed by atoms with E-state index < -0.39 is 0 Å². The Balaban J connectivity index is 0.00000625. The number of esters is 1. The number of unbranched alkanes of at least 4 members (excludes halogenated alkanes) is 2. The van der Waals surface area contributed by atoms with Crippen molar-refractivity contribution in [2.75, 3.05) is 26.7 Å². The van der Waals surface area contributed by atoms with Gasteiger partial charge in [0.15, 0.2) is 5.96 Å². The van der Waals surface area contributed by atoms with E-state index in [4.69, 9.17) is 4.99 Å². The minimum Gasteiger partial charge on any atom is -0.469 e. The zero-order valence-corrected chi connectivity index (χ0v) is 18.8. The van der Waals surface area contributed by atoms with Crippen LogP contribution in [0, 0.1) is 6.92 Å². The Morgan fingerprint density at radius 2 is 1.85 bits per heavy atom. The zero-order chi connectivity index (χ0) is 18.5. The van der Waals surface area contributed by atoms with E-state index in [1.54, 1.807) is 0 Å². The van der Waals surface area contributed by atoms with Crippen LogP contribution in [-0.4, -0.2) is 38.7 Å². The minimum absolute atomic E-state index is 0. The molecule has 1 aromatic rings. The average molecular weight is 475 g/mol. The Morgan fingerprint density at radius 3 is 2.46 bits per heavy atom. The fraction of sp³-hybridized carbons (Fsp3) is 0.600. The van der Waals surface area contributed by atoms with Gasteiger partial charge in [0.25, 0.3) is 0 Å². The number of aryl methyl sites for hydroxylation is 1. The molecule has 0 fully saturated rings. The van der Waals surface area contributed by atoms with Crippen molar-refractivity contribution in [3.05, 3.63) is 35.4 Å². The van der Waals surface area contributed by atoms with Crippen LogP contribution in [0.25, 0.3) is 0 Å². The fourth-order valence-electron chi connectivity index (χ4n) is 2.45. The molecule has 5 nitrogen and oxygen atoms in total. The van der Waals surface area contributed by atoms with Gasteiger partial charge in [-0.3, -0.25) is 9.79 Å². The van der Waals surface area contributed by atoms with Crippen LogP contribution in [0.3, 0.4) is 0 Å². The van der Waals surface area contributed by atoms with Gasteiger partial charge in [0.2, 0.25) is 0 Å². The first-order valence-corrected chi connectivity index (χ1v) is 9.22. The van der Waals surface area contributed by atoms with E-state index in [-0.39, 0.29) is 29.9 Å². The van der Waals surface area contributed by atoms with Gasteiger partial charge in [-0.05, 0) is 32.3 Å². The standard InChI is InChI=1S/C20H33N3O2.HI/c1-5-21-20(22-14-8-6-7-9-19(24)25-4)23-15-17(3)18-12-10-16(2)11-13-18;/h10-13,17H,5-9,14-15H2,1-4H3,(H2,21,22,23);1H. The molecule has 0 aliphatic heterocycles. The molecule has 0 heterocycles. The average Bonchev–Trinajstić information content (AvgIpc) is 2.62. The molecule has 2 N–H and O–H groups in total. The molecular formula is C20H34IN3O2. The van der Waals surface area contributed by atoms with Gasteiger partial charge in [0.1, 0.15) is 0 Å². The quantitative estimate of drug-likeness (QED) is 0.177. The third kappa shape index (κ3) is 10.6. The number of ether oxygens (including phenoxy) is 1. The first-order chi connectivity index (χ1) is 12.1. The van der Waals surface area contributed by atoms with Gasteiger partial charge in [-0.1, -0.05) is 43.2 Å². The molecule has 0 aromatic heterocycles. The Bertz CT molecular complexity index is 532. The molecule has 0 spiro atoms. The number of methoxy groups -OCH3 is 1. The molecule has 0 bridgehead atoms. The predicted octanol–water partition coefficient (Wildman–Crippen LogP) is 4.01. The SMILES string of the molecule is CCNC(=NCC(C)c1ccc(C)cc1)NCCCCCC(=O)OC.I. The maximum Gasteiger partial charge on any atom is 0.305 e. The first-order valence-electron chi connectivity index (χ1n) is 9.22. The van der Waals surface area contributed by atoms with Crippen LogP contribution >= 0.6 is 24.0 Å². The highest BCUT2D eigenvalue weighted by Crippen LogP contribution is 2.15. The summed E-state index contributed by atoms with van der Waals surface area (Å²) in [5, 5.41) is 6.64. The number of nitrogens with one attached hydrogen (secondary N) is 2. The van der Waals surface area contributed by atoms with Gasteiger partial charge in [-0.2, -0.15) is 0 Å². The molecule has 6 heteroatoms. The summed E-state index contributed by atoms with van der Waals surface area (Å²) in [4.78, 5) is 15.7.